The quantitative estimate of drug-likeness (QED) is 0.517. The van der Waals surface area contributed by atoms with Crippen LogP contribution in [0.4, 0.5) is 0 Å². The summed E-state index contributed by atoms with van der Waals surface area (Å²) in [5, 5.41) is 0. The Labute approximate surface area is 196 Å². The number of carbonyl (C=O) groups is 1. The zero-order chi connectivity index (χ0) is 23.8. The lowest BCUT2D eigenvalue weighted by atomic mass is 10.0. The summed E-state index contributed by atoms with van der Waals surface area (Å²) in [6, 6.07) is 9.86. The van der Waals surface area contributed by atoms with Gasteiger partial charge in [-0.15, -0.1) is 0 Å². The summed E-state index contributed by atoms with van der Waals surface area (Å²) in [6.45, 7) is 2.49. The summed E-state index contributed by atoms with van der Waals surface area (Å²) in [5.74, 6) is 2.82. The minimum Gasteiger partial charge on any atom is -0.493 e. The Bertz CT molecular complexity index is 989. The SMILES string of the molecule is COc1ccc(CCN(C)CCCN2C=Cc3ccc(OC)c(OC)c3CC2=O)cc1OC. The van der Waals surface area contributed by atoms with Crippen LogP contribution in [0.15, 0.2) is 36.5 Å². The van der Waals surface area contributed by atoms with Gasteiger partial charge in [-0.05, 0) is 61.8 Å². The number of ether oxygens (including phenoxy) is 4. The van der Waals surface area contributed by atoms with Gasteiger partial charge in [0.1, 0.15) is 0 Å². The molecule has 2 aromatic carbocycles. The van der Waals surface area contributed by atoms with Crippen molar-refractivity contribution in [2.24, 2.45) is 0 Å². The fourth-order valence-electron chi connectivity index (χ4n) is 4.03. The first-order valence-corrected chi connectivity index (χ1v) is 11.1. The Morgan fingerprint density at radius 2 is 1.64 bits per heavy atom. The zero-order valence-electron chi connectivity index (χ0n) is 20.2. The molecule has 0 aliphatic carbocycles. The molecule has 33 heavy (non-hydrogen) atoms. The number of amides is 1. The van der Waals surface area contributed by atoms with E-state index in [0.717, 1.165) is 48.6 Å². The van der Waals surface area contributed by atoms with Crippen molar-refractivity contribution in [3.05, 3.63) is 53.2 Å². The first-order valence-electron chi connectivity index (χ1n) is 11.1. The van der Waals surface area contributed by atoms with E-state index in [4.69, 9.17) is 18.9 Å². The fourth-order valence-corrected chi connectivity index (χ4v) is 4.03. The van der Waals surface area contributed by atoms with Crippen LogP contribution in [0.25, 0.3) is 6.08 Å². The molecule has 1 aliphatic heterocycles. The topological polar surface area (TPSA) is 60.5 Å². The van der Waals surface area contributed by atoms with Crippen LogP contribution >= 0.6 is 0 Å². The zero-order valence-corrected chi connectivity index (χ0v) is 20.2. The largest absolute Gasteiger partial charge is 0.493 e. The Morgan fingerprint density at radius 3 is 2.33 bits per heavy atom. The molecule has 1 amide bonds. The van der Waals surface area contributed by atoms with Crippen LogP contribution in [0.5, 0.6) is 23.0 Å². The maximum Gasteiger partial charge on any atom is 0.231 e. The Balaban J connectivity index is 1.51. The Hall–Kier alpha value is -3.19. The maximum absolute atomic E-state index is 12.9. The van der Waals surface area contributed by atoms with E-state index in [0.29, 0.717) is 18.0 Å². The van der Waals surface area contributed by atoms with E-state index in [2.05, 4.69) is 18.0 Å². The van der Waals surface area contributed by atoms with E-state index in [1.54, 1.807) is 33.3 Å². The third-order valence-corrected chi connectivity index (χ3v) is 5.94. The second-order valence-electron chi connectivity index (χ2n) is 8.04. The summed E-state index contributed by atoms with van der Waals surface area (Å²) in [7, 11) is 8.60. The van der Waals surface area contributed by atoms with Crippen molar-refractivity contribution in [3.8, 4) is 23.0 Å². The number of benzene rings is 2. The summed E-state index contributed by atoms with van der Waals surface area (Å²) in [5.41, 5.74) is 3.05. The van der Waals surface area contributed by atoms with Crippen LogP contribution in [0.1, 0.15) is 23.1 Å². The number of carbonyl (C=O) groups excluding carboxylic acids is 1. The highest BCUT2D eigenvalue weighted by atomic mass is 16.5. The molecule has 1 aliphatic rings. The number of hydrogen-bond donors (Lipinski definition) is 0. The number of nitrogens with zero attached hydrogens (tertiary/aromatic N) is 2. The second-order valence-corrected chi connectivity index (χ2v) is 8.04. The van der Waals surface area contributed by atoms with Gasteiger partial charge in [0.25, 0.3) is 0 Å². The lowest BCUT2D eigenvalue weighted by Crippen LogP contribution is -2.30. The lowest BCUT2D eigenvalue weighted by Gasteiger charge is -2.21. The van der Waals surface area contributed by atoms with Crippen LogP contribution in [-0.2, 0) is 17.6 Å². The average molecular weight is 455 g/mol. The van der Waals surface area contributed by atoms with E-state index < -0.39 is 0 Å². The molecule has 0 saturated carbocycles. The van der Waals surface area contributed by atoms with E-state index in [9.17, 15) is 4.79 Å². The van der Waals surface area contributed by atoms with Crippen molar-refractivity contribution in [3.63, 3.8) is 0 Å². The molecule has 0 saturated heterocycles. The van der Waals surface area contributed by atoms with Gasteiger partial charge < -0.3 is 28.7 Å². The average Bonchev–Trinajstić information content (AvgIpc) is 3.00. The van der Waals surface area contributed by atoms with Gasteiger partial charge in [0, 0.05) is 24.9 Å². The van der Waals surface area contributed by atoms with Crippen LogP contribution in [0.3, 0.4) is 0 Å². The van der Waals surface area contributed by atoms with Crippen molar-refractivity contribution in [1.82, 2.24) is 9.80 Å². The first kappa shape index (κ1) is 24.5. The first-order chi connectivity index (χ1) is 16.0. The second kappa shape index (κ2) is 11.6. The van der Waals surface area contributed by atoms with Crippen LogP contribution in [-0.4, -0.2) is 70.8 Å². The molecular formula is C26H34N2O5. The molecular weight excluding hydrogens is 420 g/mol. The molecule has 7 nitrogen and oxygen atoms in total. The molecule has 0 N–H and O–H groups in total. The summed E-state index contributed by atoms with van der Waals surface area (Å²) < 4.78 is 21.6. The highest BCUT2D eigenvalue weighted by Gasteiger charge is 2.22. The van der Waals surface area contributed by atoms with Crippen molar-refractivity contribution in [2.75, 3.05) is 55.1 Å². The molecule has 3 rings (SSSR count). The molecule has 178 valence electrons. The number of fused-ring (bicyclic) bond motifs is 1. The van der Waals surface area contributed by atoms with Crippen molar-refractivity contribution < 1.29 is 23.7 Å². The monoisotopic (exact) mass is 454 g/mol. The molecule has 1 heterocycles. The summed E-state index contributed by atoms with van der Waals surface area (Å²) >= 11 is 0. The van der Waals surface area contributed by atoms with Crippen molar-refractivity contribution >= 4 is 12.0 Å². The van der Waals surface area contributed by atoms with Gasteiger partial charge in [0.15, 0.2) is 23.0 Å². The van der Waals surface area contributed by atoms with Gasteiger partial charge in [-0.1, -0.05) is 12.1 Å². The normalized spacial score (nSPS) is 13.0. The molecule has 0 aromatic heterocycles. The molecule has 0 radical (unpaired) electrons. The highest BCUT2D eigenvalue weighted by molar-refractivity contribution is 5.85. The van der Waals surface area contributed by atoms with Crippen molar-refractivity contribution in [1.29, 1.82) is 0 Å². The molecule has 0 unspecified atom stereocenters. The van der Waals surface area contributed by atoms with E-state index in [1.165, 1.54) is 5.56 Å². The van der Waals surface area contributed by atoms with E-state index in [1.807, 2.05) is 36.5 Å². The van der Waals surface area contributed by atoms with Gasteiger partial charge in [-0.3, -0.25) is 4.79 Å². The molecule has 7 heteroatoms. The molecule has 0 fully saturated rings. The maximum atomic E-state index is 12.9. The number of methoxy groups -OCH3 is 4. The standard InChI is InChI=1S/C26H34N2O5/c1-27(15-11-19-7-9-22(30-2)24(17-19)32-4)13-6-14-28-16-12-20-8-10-23(31-3)26(33-5)21(20)18-25(28)29/h7-10,12,16-17H,6,11,13-15,18H2,1-5H3. The third kappa shape index (κ3) is 5.99. The predicted molar refractivity (Wildman–Crippen MR) is 129 cm³/mol. The summed E-state index contributed by atoms with van der Waals surface area (Å²) in [6.07, 6.45) is 5.94. The van der Waals surface area contributed by atoms with Gasteiger partial charge in [-0.2, -0.15) is 0 Å². The summed E-state index contributed by atoms with van der Waals surface area (Å²) in [4.78, 5) is 17.0. The molecule has 0 spiro atoms. The Kier molecular flexibility index (Phi) is 8.60. The predicted octanol–water partition coefficient (Wildman–Crippen LogP) is 3.64. The van der Waals surface area contributed by atoms with Gasteiger partial charge in [0.05, 0.1) is 34.9 Å². The molecule has 0 bridgehead atoms. The molecule has 2 aromatic rings. The highest BCUT2D eigenvalue weighted by Crippen LogP contribution is 2.35. The van der Waals surface area contributed by atoms with Gasteiger partial charge in [0.2, 0.25) is 5.91 Å². The third-order valence-electron chi connectivity index (χ3n) is 5.94. The number of likely N-dealkylation sites (N-methyl/N-ethyl adjacent to an activating group) is 1. The van der Waals surface area contributed by atoms with Crippen LogP contribution in [0, 0.1) is 0 Å². The smallest absolute Gasteiger partial charge is 0.231 e. The molecule has 0 atom stereocenters. The van der Waals surface area contributed by atoms with E-state index >= 15 is 0 Å². The van der Waals surface area contributed by atoms with Crippen LogP contribution in [0.2, 0.25) is 0 Å². The van der Waals surface area contributed by atoms with Crippen molar-refractivity contribution in [2.45, 2.75) is 19.3 Å². The number of rotatable bonds is 11. The fraction of sp³-hybridized carbons (Fsp3) is 0.423. The minimum atomic E-state index is 0.0598. The number of hydrogen-bond acceptors (Lipinski definition) is 6. The van der Waals surface area contributed by atoms with Gasteiger partial charge >= 0.3 is 0 Å². The Morgan fingerprint density at radius 1 is 0.909 bits per heavy atom. The van der Waals surface area contributed by atoms with Crippen LogP contribution < -0.4 is 18.9 Å². The lowest BCUT2D eigenvalue weighted by molar-refractivity contribution is -0.127. The van der Waals surface area contributed by atoms with Gasteiger partial charge in [-0.25, -0.2) is 0 Å². The van der Waals surface area contributed by atoms with E-state index in [-0.39, 0.29) is 12.3 Å². The minimum absolute atomic E-state index is 0.0598.